The Kier molecular flexibility index (Phi) is 7.66. The smallest absolute Gasteiger partial charge is 0.278 e. The summed E-state index contributed by atoms with van der Waals surface area (Å²) in [4.78, 5) is 2.50. The molecule has 0 bridgehead atoms. The molecule has 0 spiro atoms. The lowest BCUT2D eigenvalue weighted by molar-refractivity contribution is 0.224. The molecule has 4 rings (SSSR count). The van der Waals surface area contributed by atoms with Gasteiger partial charge in [-0.3, -0.25) is 4.90 Å². The summed E-state index contributed by atoms with van der Waals surface area (Å²) in [7, 11) is 0. The maximum atomic E-state index is 12.8. The first-order valence-electron chi connectivity index (χ1n) is 10.6. The lowest BCUT2D eigenvalue weighted by atomic mass is 10.0. The number of piperazine rings is 1. The Morgan fingerprint density at radius 1 is 1.00 bits per heavy atom. The molecular formula is C23H27F2N5S. The molecule has 2 aromatic rings. The van der Waals surface area contributed by atoms with Crippen molar-refractivity contribution in [3.05, 3.63) is 65.7 Å². The van der Waals surface area contributed by atoms with Crippen molar-refractivity contribution in [3.8, 4) is 0 Å². The van der Waals surface area contributed by atoms with Crippen LogP contribution in [0.3, 0.4) is 0 Å². The predicted molar refractivity (Wildman–Crippen MR) is 125 cm³/mol. The first kappa shape index (κ1) is 21.9. The van der Waals surface area contributed by atoms with Crippen molar-refractivity contribution < 1.29 is 8.78 Å². The summed E-state index contributed by atoms with van der Waals surface area (Å²) < 4.78 is 27.9. The van der Waals surface area contributed by atoms with E-state index in [9.17, 15) is 8.78 Å². The Morgan fingerprint density at radius 3 is 2.42 bits per heavy atom. The van der Waals surface area contributed by atoms with Crippen molar-refractivity contribution in [1.82, 2.24) is 10.2 Å². The summed E-state index contributed by atoms with van der Waals surface area (Å²) >= 11 is 1.84. The third-order valence-corrected chi connectivity index (χ3v) is 6.44. The molecule has 0 saturated carbocycles. The largest absolute Gasteiger partial charge is 0.314 e. The average molecular weight is 444 g/mol. The molecule has 0 atom stereocenters. The number of nitrogens with zero attached hydrogens (tertiary/aromatic N) is 4. The normalized spacial score (nSPS) is 17.0. The zero-order valence-corrected chi connectivity index (χ0v) is 18.2. The molecule has 0 unspecified atom stereocenters. The number of benzene rings is 2. The van der Waals surface area contributed by atoms with E-state index in [-0.39, 0.29) is 12.1 Å². The lowest BCUT2D eigenvalue weighted by Gasteiger charge is -2.29. The number of para-hydroxylation sites is 1. The topological polar surface area (TPSA) is 43.2 Å². The molecule has 5 nitrogen and oxygen atoms in total. The highest BCUT2D eigenvalue weighted by Crippen LogP contribution is 2.25. The second kappa shape index (κ2) is 10.8. The molecule has 0 aromatic heterocycles. The lowest BCUT2D eigenvalue weighted by Crippen LogP contribution is -2.44. The number of anilines is 1. The summed E-state index contributed by atoms with van der Waals surface area (Å²) in [5, 5.41) is 10.9. The summed E-state index contributed by atoms with van der Waals surface area (Å²) in [6.07, 6.45) is -2.42. The van der Waals surface area contributed by atoms with Gasteiger partial charge in [-0.15, -0.1) is 0 Å². The molecule has 2 aliphatic heterocycles. The number of halogens is 2. The quantitative estimate of drug-likeness (QED) is 0.594. The van der Waals surface area contributed by atoms with E-state index in [1.807, 2.05) is 42.3 Å². The van der Waals surface area contributed by atoms with E-state index in [1.165, 1.54) is 5.69 Å². The van der Waals surface area contributed by atoms with E-state index in [0.717, 1.165) is 56.1 Å². The number of hydrogen-bond donors (Lipinski definition) is 1. The van der Waals surface area contributed by atoms with E-state index < -0.39 is 6.43 Å². The van der Waals surface area contributed by atoms with Gasteiger partial charge in [0.15, 0.2) is 0 Å². The number of nitrogens with one attached hydrogen (secondary N) is 1. The maximum absolute atomic E-state index is 12.8. The molecule has 8 heteroatoms. The van der Waals surface area contributed by atoms with Gasteiger partial charge in [0.1, 0.15) is 5.71 Å². The minimum atomic E-state index is -2.54. The Hall–Kier alpha value is -2.29. The van der Waals surface area contributed by atoms with Crippen LogP contribution < -0.4 is 9.62 Å². The second-order valence-electron chi connectivity index (χ2n) is 7.61. The van der Waals surface area contributed by atoms with Crippen molar-refractivity contribution in [2.75, 3.05) is 42.8 Å². The molecule has 1 saturated heterocycles. The van der Waals surface area contributed by atoms with Crippen LogP contribution in [0.4, 0.5) is 14.5 Å². The van der Waals surface area contributed by atoms with Crippen LogP contribution in [0.15, 0.2) is 64.8 Å². The van der Waals surface area contributed by atoms with Gasteiger partial charge in [-0.25, -0.2) is 8.78 Å². The number of alkyl halides is 2. The molecule has 2 aromatic carbocycles. The average Bonchev–Trinajstić information content (AvgIpc) is 3.31. The molecule has 2 aliphatic rings. The van der Waals surface area contributed by atoms with Gasteiger partial charge in [-0.2, -0.15) is 10.2 Å². The first-order valence-corrected chi connectivity index (χ1v) is 11.5. The SMILES string of the molecule is FC(F)C1=NN=C(c2ccc(CN(SCCN3CCNCC3)c3ccccc3)cc2)C1. The Bertz CT molecular complexity index is 896. The van der Waals surface area contributed by atoms with Crippen LogP contribution >= 0.6 is 11.9 Å². The molecule has 164 valence electrons. The zero-order valence-electron chi connectivity index (χ0n) is 17.4. The number of hydrogen-bond acceptors (Lipinski definition) is 6. The molecule has 1 fully saturated rings. The van der Waals surface area contributed by atoms with Gasteiger partial charge in [0.25, 0.3) is 6.43 Å². The van der Waals surface area contributed by atoms with E-state index >= 15 is 0 Å². The van der Waals surface area contributed by atoms with Crippen LogP contribution in [-0.2, 0) is 6.54 Å². The van der Waals surface area contributed by atoms with Crippen molar-refractivity contribution in [3.63, 3.8) is 0 Å². The second-order valence-corrected chi connectivity index (χ2v) is 8.72. The molecule has 1 N–H and O–H groups in total. The summed E-state index contributed by atoms with van der Waals surface area (Å²) in [6, 6.07) is 18.4. The van der Waals surface area contributed by atoms with Crippen LogP contribution in [0.5, 0.6) is 0 Å². The van der Waals surface area contributed by atoms with Crippen LogP contribution in [-0.4, -0.2) is 61.2 Å². The van der Waals surface area contributed by atoms with Crippen LogP contribution in [0.1, 0.15) is 17.5 Å². The van der Waals surface area contributed by atoms with Crippen molar-refractivity contribution >= 4 is 29.1 Å². The molecule has 2 heterocycles. The highest BCUT2D eigenvalue weighted by molar-refractivity contribution is 8.00. The minimum absolute atomic E-state index is 0.120. The van der Waals surface area contributed by atoms with Crippen LogP contribution in [0.25, 0.3) is 0 Å². The Morgan fingerprint density at radius 2 is 1.74 bits per heavy atom. The van der Waals surface area contributed by atoms with Gasteiger partial charge in [0.2, 0.25) is 0 Å². The molecular weight excluding hydrogens is 416 g/mol. The van der Waals surface area contributed by atoms with Crippen LogP contribution in [0.2, 0.25) is 0 Å². The fourth-order valence-corrected chi connectivity index (χ4v) is 4.71. The fourth-order valence-electron chi connectivity index (χ4n) is 3.64. The van der Waals surface area contributed by atoms with Gasteiger partial charge in [0, 0.05) is 50.6 Å². The molecule has 0 aliphatic carbocycles. The first-order chi connectivity index (χ1) is 15.2. The van der Waals surface area contributed by atoms with Crippen molar-refractivity contribution in [2.45, 2.75) is 19.4 Å². The maximum Gasteiger partial charge on any atom is 0.278 e. The van der Waals surface area contributed by atoms with E-state index in [4.69, 9.17) is 0 Å². The third-order valence-electron chi connectivity index (χ3n) is 5.42. The highest BCUT2D eigenvalue weighted by Gasteiger charge is 2.21. The van der Waals surface area contributed by atoms with Gasteiger partial charge in [-0.05, 0) is 35.2 Å². The van der Waals surface area contributed by atoms with Crippen LogP contribution in [0, 0.1) is 0 Å². The van der Waals surface area contributed by atoms with E-state index in [2.05, 4.69) is 49.0 Å². The van der Waals surface area contributed by atoms with Gasteiger partial charge in [0.05, 0.1) is 12.3 Å². The molecule has 31 heavy (non-hydrogen) atoms. The minimum Gasteiger partial charge on any atom is -0.314 e. The van der Waals surface area contributed by atoms with E-state index in [0.29, 0.717) is 5.71 Å². The zero-order chi connectivity index (χ0) is 21.5. The predicted octanol–water partition coefficient (Wildman–Crippen LogP) is 4.06. The summed E-state index contributed by atoms with van der Waals surface area (Å²) in [6.45, 7) is 6.17. The van der Waals surface area contributed by atoms with E-state index in [1.54, 1.807) is 0 Å². The van der Waals surface area contributed by atoms with Gasteiger partial charge >= 0.3 is 0 Å². The fraction of sp³-hybridized carbons (Fsp3) is 0.391. The summed E-state index contributed by atoms with van der Waals surface area (Å²) in [5.74, 6) is 1.03. The van der Waals surface area contributed by atoms with Gasteiger partial charge < -0.3 is 9.62 Å². The number of rotatable bonds is 9. The monoisotopic (exact) mass is 443 g/mol. The Labute approximate surface area is 186 Å². The molecule has 0 amide bonds. The standard InChI is InChI=1S/C23H27F2N5S/c24-23(25)22-16-21(27-28-22)19-8-6-18(7-9-19)17-30(20-4-2-1-3-5-20)31-15-14-29-12-10-26-11-13-29/h1-9,23,26H,10-17H2. The van der Waals surface area contributed by atoms with Gasteiger partial charge in [-0.1, -0.05) is 42.5 Å². The Balaban J connectivity index is 1.37. The molecule has 0 radical (unpaired) electrons. The summed E-state index contributed by atoms with van der Waals surface area (Å²) in [5.41, 5.74) is 3.63. The highest BCUT2D eigenvalue weighted by atomic mass is 32.2. The van der Waals surface area contributed by atoms with Crippen molar-refractivity contribution in [1.29, 1.82) is 0 Å². The van der Waals surface area contributed by atoms with Crippen molar-refractivity contribution in [2.24, 2.45) is 10.2 Å². The third kappa shape index (κ3) is 6.12.